The lowest BCUT2D eigenvalue weighted by Gasteiger charge is -2.09. The Labute approximate surface area is 176 Å². The molecule has 0 aliphatic carbocycles. The topological polar surface area (TPSA) is 41.9 Å². The Morgan fingerprint density at radius 3 is 2.23 bits per heavy atom. The van der Waals surface area contributed by atoms with E-state index in [4.69, 9.17) is 58.6 Å². The Kier molecular flexibility index (Phi) is 6.27. The molecule has 0 spiro atoms. The quantitative estimate of drug-likeness (QED) is 0.458. The Bertz CT molecular complexity index is 958. The predicted molar refractivity (Wildman–Crippen MR) is 114 cm³/mol. The second-order valence-corrected chi connectivity index (χ2v) is 7.42. The van der Waals surface area contributed by atoms with Crippen molar-refractivity contribution in [3.63, 3.8) is 0 Å². The van der Waals surface area contributed by atoms with Crippen LogP contribution in [-0.4, -0.2) is 14.9 Å². The maximum absolute atomic E-state index is 6.03. The van der Waals surface area contributed by atoms with E-state index >= 15 is 0 Å². The molecule has 0 bridgehead atoms. The zero-order valence-electron chi connectivity index (χ0n) is 13.1. The van der Waals surface area contributed by atoms with Crippen LogP contribution in [-0.2, 0) is 6.54 Å². The van der Waals surface area contributed by atoms with Gasteiger partial charge in [-0.2, -0.15) is 5.10 Å². The molecule has 0 aliphatic heterocycles. The second kappa shape index (κ2) is 8.46. The summed E-state index contributed by atoms with van der Waals surface area (Å²) in [5.41, 5.74) is 2.48. The van der Waals surface area contributed by atoms with Crippen molar-refractivity contribution in [2.45, 2.75) is 6.54 Å². The SMILES string of the molecule is S=C(Nc1ccc(Cl)c(Cl)c1)Nc1cnn(Cc2ccc(Cl)c(Cl)c2)c1. The highest BCUT2D eigenvalue weighted by Gasteiger charge is 2.05. The number of anilines is 2. The average Bonchev–Trinajstić information content (AvgIpc) is 3.01. The lowest BCUT2D eigenvalue weighted by Crippen LogP contribution is -2.18. The molecule has 3 aromatic rings. The van der Waals surface area contributed by atoms with E-state index in [1.807, 2.05) is 18.3 Å². The minimum absolute atomic E-state index is 0.414. The third-order valence-corrected chi connectivity index (χ3v) is 5.08. The monoisotopic (exact) mass is 444 g/mol. The van der Waals surface area contributed by atoms with Gasteiger partial charge in [0.25, 0.3) is 0 Å². The van der Waals surface area contributed by atoms with Crippen molar-refractivity contribution >= 4 is 75.1 Å². The summed E-state index contributed by atoms with van der Waals surface area (Å²) in [5.74, 6) is 0. The van der Waals surface area contributed by atoms with Crippen molar-refractivity contribution in [1.29, 1.82) is 0 Å². The molecule has 1 aromatic heterocycles. The first-order chi connectivity index (χ1) is 12.4. The van der Waals surface area contributed by atoms with Crippen molar-refractivity contribution in [2.24, 2.45) is 0 Å². The average molecular weight is 446 g/mol. The summed E-state index contributed by atoms with van der Waals surface area (Å²) in [6.45, 7) is 0.561. The fraction of sp³-hybridized carbons (Fsp3) is 0.0588. The van der Waals surface area contributed by atoms with Crippen LogP contribution in [0.4, 0.5) is 11.4 Å². The molecule has 0 saturated heterocycles. The minimum atomic E-state index is 0.414. The minimum Gasteiger partial charge on any atom is -0.332 e. The molecule has 4 nitrogen and oxygen atoms in total. The Hall–Kier alpha value is -1.50. The number of rotatable bonds is 4. The summed E-state index contributed by atoms with van der Waals surface area (Å²) in [7, 11) is 0. The van der Waals surface area contributed by atoms with Gasteiger partial charge in [-0.1, -0.05) is 52.5 Å². The molecule has 0 atom stereocenters. The van der Waals surface area contributed by atoms with Crippen LogP contribution in [0, 0.1) is 0 Å². The van der Waals surface area contributed by atoms with Gasteiger partial charge in [-0.05, 0) is 48.1 Å². The van der Waals surface area contributed by atoms with Crippen LogP contribution in [0.2, 0.25) is 20.1 Å². The Balaban J connectivity index is 1.61. The number of hydrogen-bond acceptors (Lipinski definition) is 2. The number of nitrogens with one attached hydrogen (secondary N) is 2. The van der Waals surface area contributed by atoms with Crippen molar-refractivity contribution in [3.05, 3.63) is 74.4 Å². The summed E-state index contributed by atoms with van der Waals surface area (Å²) in [6.07, 6.45) is 3.52. The first kappa shape index (κ1) is 19.3. The van der Waals surface area contributed by atoms with Gasteiger partial charge in [-0.15, -0.1) is 0 Å². The van der Waals surface area contributed by atoms with E-state index in [2.05, 4.69) is 15.7 Å². The fourth-order valence-corrected chi connectivity index (χ4v) is 3.06. The second-order valence-electron chi connectivity index (χ2n) is 5.38. The molecule has 2 N–H and O–H groups in total. The van der Waals surface area contributed by atoms with Crippen molar-refractivity contribution < 1.29 is 0 Å². The van der Waals surface area contributed by atoms with Crippen LogP contribution < -0.4 is 10.6 Å². The van der Waals surface area contributed by atoms with E-state index in [0.29, 0.717) is 31.7 Å². The van der Waals surface area contributed by atoms with Gasteiger partial charge < -0.3 is 10.6 Å². The van der Waals surface area contributed by atoms with Crippen LogP contribution in [0.25, 0.3) is 0 Å². The van der Waals surface area contributed by atoms with Gasteiger partial charge in [0, 0.05) is 11.9 Å². The molecule has 0 saturated carbocycles. The molecule has 0 aliphatic rings. The van der Waals surface area contributed by atoms with E-state index in [1.54, 1.807) is 35.1 Å². The maximum atomic E-state index is 6.03. The summed E-state index contributed by atoms with van der Waals surface area (Å²) in [4.78, 5) is 0. The molecule has 3 rings (SSSR count). The molecular weight excluding hydrogens is 434 g/mol. The molecule has 1 heterocycles. The van der Waals surface area contributed by atoms with Gasteiger partial charge in [0.05, 0.1) is 38.5 Å². The van der Waals surface area contributed by atoms with Crippen molar-refractivity contribution in [3.8, 4) is 0 Å². The zero-order chi connectivity index (χ0) is 18.7. The molecule has 0 fully saturated rings. The van der Waals surface area contributed by atoms with Gasteiger partial charge >= 0.3 is 0 Å². The van der Waals surface area contributed by atoms with E-state index in [-0.39, 0.29) is 0 Å². The number of hydrogen-bond donors (Lipinski definition) is 2. The Morgan fingerprint density at radius 2 is 1.54 bits per heavy atom. The van der Waals surface area contributed by atoms with Gasteiger partial charge in [-0.3, -0.25) is 4.68 Å². The van der Waals surface area contributed by atoms with Crippen LogP contribution in [0.5, 0.6) is 0 Å². The Morgan fingerprint density at radius 1 is 0.885 bits per heavy atom. The number of thiocarbonyl (C=S) groups is 1. The smallest absolute Gasteiger partial charge is 0.175 e. The number of halogens is 4. The molecular formula is C17H12Cl4N4S. The molecule has 134 valence electrons. The van der Waals surface area contributed by atoms with Gasteiger partial charge in [0.2, 0.25) is 0 Å². The fourth-order valence-electron chi connectivity index (χ4n) is 2.21. The molecule has 9 heteroatoms. The van der Waals surface area contributed by atoms with E-state index < -0.39 is 0 Å². The van der Waals surface area contributed by atoms with E-state index in [1.165, 1.54) is 0 Å². The third kappa shape index (κ3) is 5.02. The van der Waals surface area contributed by atoms with Gasteiger partial charge in [0.15, 0.2) is 5.11 Å². The van der Waals surface area contributed by atoms with E-state index in [0.717, 1.165) is 16.9 Å². The summed E-state index contributed by atoms with van der Waals surface area (Å²) >= 11 is 29.2. The van der Waals surface area contributed by atoms with Crippen LogP contribution >= 0.6 is 58.6 Å². The summed E-state index contributed by atoms with van der Waals surface area (Å²) < 4.78 is 1.77. The number of aromatic nitrogens is 2. The number of benzene rings is 2. The van der Waals surface area contributed by atoms with Crippen molar-refractivity contribution in [2.75, 3.05) is 10.6 Å². The maximum Gasteiger partial charge on any atom is 0.175 e. The molecule has 0 radical (unpaired) electrons. The van der Waals surface area contributed by atoms with Gasteiger partial charge in [-0.25, -0.2) is 0 Å². The van der Waals surface area contributed by atoms with Crippen LogP contribution in [0.3, 0.4) is 0 Å². The normalized spacial score (nSPS) is 10.6. The third-order valence-electron chi connectivity index (χ3n) is 3.40. The first-order valence-electron chi connectivity index (χ1n) is 7.40. The molecule has 26 heavy (non-hydrogen) atoms. The van der Waals surface area contributed by atoms with Crippen LogP contribution in [0.1, 0.15) is 5.56 Å². The van der Waals surface area contributed by atoms with Crippen LogP contribution in [0.15, 0.2) is 48.8 Å². The summed E-state index contributed by atoms with van der Waals surface area (Å²) in [6, 6.07) is 10.7. The standard InChI is InChI=1S/C17H12Cl4N4S/c18-13-3-1-10(5-15(13)20)8-25-9-12(7-22-25)24-17(26)23-11-2-4-14(19)16(21)6-11/h1-7,9H,8H2,(H2,23,24,26). The lowest BCUT2D eigenvalue weighted by molar-refractivity contribution is 0.687. The van der Waals surface area contributed by atoms with Crippen molar-refractivity contribution in [1.82, 2.24) is 9.78 Å². The van der Waals surface area contributed by atoms with E-state index in [9.17, 15) is 0 Å². The first-order valence-corrected chi connectivity index (χ1v) is 9.32. The van der Waals surface area contributed by atoms with Gasteiger partial charge in [0.1, 0.15) is 0 Å². The lowest BCUT2D eigenvalue weighted by atomic mass is 10.2. The predicted octanol–water partition coefficient (Wildman–Crippen LogP) is 6.35. The largest absolute Gasteiger partial charge is 0.332 e. The molecule has 2 aromatic carbocycles. The summed E-state index contributed by atoms with van der Waals surface area (Å²) in [5, 5.41) is 12.8. The highest BCUT2D eigenvalue weighted by molar-refractivity contribution is 7.80. The zero-order valence-corrected chi connectivity index (χ0v) is 17.0. The molecule has 0 unspecified atom stereocenters. The highest BCUT2D eigenvalue weighted by atomic mass is 35.5. The number of nitrogens with zero attached hydrogens (tertiary/aromatic N) is 2. The molecule has 0 amide bonds. The highest BCUT2D eigenvalue weighted by Crippen LogP contribution is 2.25.